The van der Waals surface area contributed by atoms with E-state index in [-0.39, 0.29) is 5.43 Å². The fraction of sp³-hybridized carbons (Fsp3) is 0.222. The van der Waals surface area contributed by atoms with Gasteiger partial charge in [0.25, 0.3) is 0 Å². The third-order valence-corrected chi connectivity index (χ3v) is 3.93. The molecule has 112 valence electrons. The second-order valence-corrected chi connectivity index (χ2v) is 5.12. The van der Waals surface area contributed by atoms with Crippen molar-refractivity contribution in [3.05, 3.63) is 63.1 Å². The molecule has 0 saturated carbocycles. The van der Waals surface area contributed by atoms with E-state index >= 15 is 0 Å². The molecule has 0 radical (unpaired) electrons. The van der Waals surface area contributed by atoms with Crippen LogP contribution in [0, 0.1) is 0 Å². The summed E-state index contributed by atoms with van der Waals surface area (Å²) in [6.45, 7) is 5.80. The molecule has 2 aromatic carbocycles. The molecule has 4 nitrogen and oxygen atoms in total. The van der Waals surface area contributed by atoms with Gasteiger partial charge in [-0.15, -0.1) is 0 Å². The first kappa shape index (κ1) is 14.3. The average molecular weight is 295 g/mol. The van der Waals surface area contributed by atoms with Crippen molar-refractivity contribution in [1.29, 1.82) is 0 Å². The number of hydrogen-bond donors (Lipinski definition) is 0. The van der Waals surface area contributed by atoms with Crippen LogP contribution < -0.4 is 16.0 Å². The third-order valence-electron chi connectivity index (χ3n) is 3.93. The van der Waals surface area contributed by atoms with E-state index in [4.69, 9.17) is 4.42 Å². The van der Waals surface area contributed by atoms with Crippen LogP contribution in [-0.4, -0.2) is 13.1 Å². The van der Waals surface area contributed by atoms with Crippen molar-refractivity contribution < 1.29 is 4.42 Å². The Labute approximate surface area is 127 Å². The van der Waals surface area contributed by atoms with Crippen LogP contribution in [0.25, 0.3) is 21.7 Å². The minimum Gasteiger partial charge on any atom is -0.422 e. The van der Waals surface area contributed by atoms with E-state index in [0.717, 1.165) is 18.8 Å². The lowest BCUT2D eigenvalue weighted by Crippen LogP contribution is -2.21. The first-order valence-electron chi connectivity index (χ1n) is 7.40. The summed E-state index contributed by atoms with van der Waals surface area (Å²) < 4.78 is 5.45. The van der Waals surface area contributed by atoms with Gasteiger partial charge in [0.05, 0.1) is 10.8 Å². The van der Waals surface area contributed by atoms with Crippen molar-refractivity contribution in [3.8, 4) is 0 Å². The van der Waals surface area contributed by atoms with Crippen molar-refractivity contribution in [2.45, 2.75) is 13.8 Å². The van der Waals surface area contributed by atoms with Crippen LogP contribution in [-0.2, 0) is 0 Å². The lowest BCUT2D eigenvalue weighted by Gasteiger charge is -2.20. The highest BCUT2D eigenvalue weighted by Crippen LogP contribution is 2.20. The minimum absolute atomic E-state index is 0.178. The van der Waals surface area contributed by atoms with Gasteiger partial charge >= 0.3 is 5.63 Å². The summed E-state index contributed by atoms with van der Waals surface area (Å²) in [5, 5.41) is 1.13. The van der Waals surface area contributed by atoms with E-state index in [2.05, 4.69) is 18.7 Å². The second kappa shape index (κ2) is 5.64. The lowest BCUT2D eigenvalue weighted by atomic mass is 10.1. The maximum Gasteiger partial charge on any atom is 0.344 e. The molecule has 0 unspecified atom stereocenters. The largest absolute Gasteiger partial charge is 0.422 e. The van der Waals surface area contributed by atoms with Crippen molar-refractivity contribution >= 4 is 27.4 Å². The highest BCUT2D eigenvalue weighted by Gasteiger charge is 2.10. The second-order valence-electron chi connectivity index (χ2n) is 5.12. The maximum absolute atomic E-state index is 12.6. The van der Waals surface area contributed by atoms with Crippen LogP contribution in [0.1, 0.15) is 13.8 Å². The fourth-order valence-electron chi connectivity index (χ4n) is 2.73. The number of anilines is 1. The number of nitrogens with zero attached hydrogens (tertiary/aromatic N) is 1. The predicted molar refractivity (Wildman–Crippen MR) is 89.8 cm³/mol. The van der Waals surface area contributed by atoms with Crippen LogP contribution in [0.3, 0.4) is 0 Å². The quantitative estimate of drug-likeness (QED) is 0.745. The summed E-state index contributed by atoms with van der Waals surface area (Å²) >= 11 is 0. The first-order chi connectivity index (χ1) is 10.7. The van der Waals surface area contributed by atoms with Gasteiger partial charge < -0.3 is 9.32 Å². The van der Waals surface area contributed by atoms with Gasteiger partial charge in [0.15, 0.2) is 5.43 Å². The summed E-state index contributed by atoms with van der Waals surface area (Å²) in [6, 6.07) is 12.2. The molecule has 0 N–H and O–H groups in total. The Bertz CT molecular complexity index is 955. The zero-order valence-electron chi connectivity index (χ0n) is 12.6. The van der Waals surface area contributed by atoms with Gasteiger partial charge in [0.1, 0.15) is 5.58 Å². The minimum atomic E-state index is -0.487. The van der Waals surface area contributed by atoms with Gasteiger partial charge in [-0.1, -0.05) is 18.2 Å². The Hall–Kier alpha value is -2.62. The van der Waals surface area contributed by atoms with E-state index in [1.165, 1.54) is 0 Å². The fourth-order valence-corrected chi connectivity index (χ4v) is 2.73. The van der Waals surface area contributed by atoms with E-state index in [1.807, 2.05) is 6.07 Å². The Morgan fingerprint density at radius 3 is 2.27 bits per heavy atom. The lowest BCUT2D eigenvalue weighted by molar-refractivity contribution is 0.571. The molecule has 0 bridgehead atoms. The van der Waals surface area contributed by atoms with Crippen LogP contribution in [0.2, 0.25) is 0 Å². The van der Waals surface area contributed by atoms with Crippen molar-refractivity contribution in [3.63, 3.8) is 0 Å². The molecule has 1 aromatic heterocycles. The van der Waals surface area contributed by atoms with Gasteiger partial charge in [-0.3, -0.25) is 4.79 Å². The smallest absolute Gasteiger partial charge is 0.344 e. The average Bonchev–Trinajstić information content (AvgIpc) is 2.65. The van der Waals surface area contributed by atoms with Crippen LogP contribution in [0.5, 0.6) is 0 Å². The molecule has 0 spiro atoms. The zero-order valence-corrected chi connectivity index (χ0v) is 12.6. The van der Waals surface area contributed by atoms with Crippen LogP contribution >= 0.6 is 0 Å². The molecule has 0 saturated heterocycles. The summed E-state index contributed by atoms with van der Waals surface area (Å²) in [6.07, 6.45) is 0. The number of benzene rings is 2. The Kier molecular flexibility index (Phi) is 3.67. The van der Waals surface area contributed by atoms with Gasteiger partial charge in [0, 0.05) is 30.2 Å². The molecule has 0 amide bonds. The zero-order chi connectivity index (χ0) is 15.7. The van der Waals surface area contributed by atoms with Gasteiger partial charge in [-0.2, -0.15) is 0 Å². The third kappa shape index (κ3) is 2.26. The van der Waals surface area contributed by atoms with Gasteiger partial charge in [0.2, 0.25) is 0 Å². The van der Waals surface area contributed by atoms with E-state index < -0.39 is 5.63 Å². The Balaban J connectivity index is 2.43. The van der Waals surface area contributed by atoms with Gasteiger partial charge in [-0.05, 0) is 32.0 Å². The first-order valence-corrected chi connectivity index (χ1v) is 7.40. The van der Waals surface area contributed by atoms with E-state index in [0.29, 0.717) is 21.7 Å². The molecular weight excluding hydrogens is 278 g/mol. The number of rotatable bonds is 3. The highest BCUT2D eigenvalue weighted by molar-refractivity contribution is 5.90. The Morgan fingerprint density at radius 2 is 1.59 bits per heavy atom. The monoisotopic (exact) mass is 295 g/mol. The SMILES string of the molecule is CCN(CC)c1ccc2c(=O)c3ccccc3c(=O)oc2c1. The molecule has 0 atom stereocenters. The molecular formula is C18H17NO3. The normalized spacial score (nSPS) is 11.0. The summed E-state index contributed by atoms with van der Waals surface area (Å²) in [5.41, 5.74) is 0.604. The summed E-state index contributed by atoms with van der Waals surface area (Å²) in [4.78, 5) is 27.0. The number of hydrogen-bond acceptors (Lipinski definition) is 4. The Morgan fingerprint density at radius 1 is 0.909 bits per heavy atom. The van der Waals surface area contributed by atoms with Crippen LogP contribution in [0.4, 0.5) is 5.69 Å². The van der Waals surface area contributed by atoms with Crippen LogP contribution in [0.15, 0.2) is 56.5 Å². The maximum atomic E-state index is 12.6. The van der Waals surface area contributed by atoms with E-state index in [9.17, 15) is 9.59 Å². The summed E-state index contributed by atoms with van der Waals surface area (Å²) in [5.74, 6) is 0. The predicted octanol–water partition coefficient (Wildman–Crippen LogP) is 3.15. The molecule has 0 aliphatic rings. The highest BCUT2D eigenvalue weighted by atomic mass is 16.4. The topological polar surface area (TPSA) is 50.5 Å². The van der Waals surface area contributed by atoms with Gasteiger partial charge in [-0.25, -0.2) is 4.79 Å². The number of fused-ring (bicyclic) bond motifs is 2. The molecule has 0 aliphatic carbocycles. The molecule has 3 aromatic rings. The molecule has 0 fully saturated rings. The standard InChI is InChI=1S/C18H17NO3/c1-3-19(4-2)12-9-10-15-16(11-12)22-18(21)14-8-6-5-7-13(14)17(15)20/h5-11H,3-4H2,1-2H3. The molecule has 4 heteroatoms. The van der Waals surface area contributed by atoms with Crippen molar-refractivity contribution in [1.82, 2.24) is 0 Å². The van der Waals surface area contributed by atoms with Crippen molar-refractivity contribution in [2.24, 2.45) is 0 Å². The molecule has 0 aliphatic heterocycles. The van der Waals surface area contributed by atoms with E-state index in [1.54, 1.807) is 36.4 Å². The van der Waals surface area contributed by atoms with Crippen molar-refractivity contribution in [2.75, 3.05) is 18.0 Å². The molecule has 22 heavy (non-hydrogen) atoms. The molecule has 1 heterocycles. The summed E-state index contributed by atoms with van der Waals surface area (Å²) in [7, 11) is 0. The molecule has 3 rings (SSSR count).